The van der Waals surface area contributed by atoms with Gasteiger partial charge in [-0.3, -0.25) is 29.3 Å². The first-order valence-electron chi connectivity index (χ1n) is 10.7. The lowest BCUT2D eigenvalue weighted by molar-refractivity contribution is -0.528. The number of hydrogen-bond donors (Lipinski definition) is 3. The van der Waals surface area contributed by atoms with Crippen LogP contribution in [0.25, 0.3) is 0 Å². The normalized spacial score (nSPS) is 31.2. The molecule has 0 heterocycles. The van der Waals surface area contributed by atoms with Crippen molar-refractivity contribution >= 4 is 23.9 Å². The first kappa shape index (κ1) is 25.5. The summed E-state index contributed by atoms with van der Waals surface area (Å²) in [5, 5.41) is 39.7. The van der Waals surface area contributed by atoms with E-state index in [1.165, 1.54) is 0 Å². The largest absolute Gasteiger partial charge is 0.481 e. The number of nitro groups is 1. The van der Waals surface area contributed by atoms with Crippen LogP contribution in [0.5, 0.6) is 0 Å². The molecule has 2 saturated carbocycles. The highest BCUT2D eigenvalue weighted by atomic mass is 16.7. The van der Waals surface area contributed by atoms with Crippen LogP contribution in [0.1, 0.15) is 58.3 Å². The first-order valence-corrected chi connectivity index (χ1v) is 10.7. The van der Waals surface area contributed by atoms with Gasteiger partial charge in [0.15, 0.2) is 0 Å². The van der Waals surface area contributed by atoms with Crippen LogP contribution in [0.15, 0.2) is 0 Å². The SMILES string of the molecule is CCCC(OC(=O)C1CC(O)CCC1C(=O)O)OC(=O)C1CC([N+](=O)[O-])CCC1C(=O)O. The maximum atomic E-state index is 12.7. The van der Waals surface area contributed by atoms with Crippen molar-refractivity contribution in [3.05, 3.63) is 10.1 Å². The summed E-state index contributed by atoms with van der Waals surface area (Å²) in [5.41, 5.74) is 0. The molecule has 0 aromatic rings. The highest BCUT2D eigenvalue weighted by Gasteiger charge is 2.45. The average molecular weight is 459 g/mol. The minimum atomic E-state index is -1.39. The molecule has 0 radical (unpaired) electrons. The average Bonchev–Trinajstić information content (AvgIpc) is 2.72. The molecule has 0 aromatic carbocycles. The zero-order valence-electron chi connectivity index (χ0n) is 17.8. The van der Waals surface area contributed by atoms with Crippen molar-refractivity contribution in [2.75, 3.05) is 0 Å². The van der Waals surface area contributed by atoms with Gasteiger partial charge in [-0.1, -0.05) is 6.92 Å². The Morgan fingerprint density at radius 1 is 0.906 bits per heavy atom. The van der Waals surface area contributed by atoms with Crippen molar-refractivity contribution in [3.63, 3.8) is 0 Å². The number of ether oxygens (including phenoxy) is 2. The fourth-order valence-electron chi connectivity index (χ4n) is 4.41. The summed E-state index contributed by atoms with van der Waals surface area (Å²) in [6, 6.07) is -1.07. The fourth-order valence-corrected chi connectivity index (χ4v) is 4.41. The van der Waals surface area contributed by atoms with Crippen molar-refractivity contribution in [2.24, 2.45) is 23.7 Å². The second-order valence-electron chi connectivity index (χ2n) is 8.41. The van der Waals surface area contributed by atoms with Gasteiger partial charge < -0.3 is 24.8 Å². The Morgan fingerprint density at radius 3 is 1.88 bits per heavy atom. The molecular formula is C20H29NO11. The Hall–Kier alpha value is -2.76. The van der Waals surface area contributed by atoms with Gasteiger partial charge in [-0.05, 0) is 32.1 Å². The summed E-state index contributed by atoms with van der Waals surface area (Å²) in [6.07, 6.45) is -1.84. The third-order valence-corrected chi connectivity index (χ3v) is 6.20. The van der Waals surface area contributed by atoms with Gasteiger partial charge in [0.2, 0.25) is 12.3 Å². The molecule has 0 aromatic heterocycles. The van der Waals surface area contributed by atoms with Crippen LogP contribution < -0.4 is 0 Å². The molecule has 0 aliphatic heterocycles. The van der Waals surface area contributed by atoms with E-state index in [4.69, 9.17) is 9.47 Å². The number of rotatable bonds is 9. The Kier molecular flexibility index (Phi) is 8.93. The number of hydrogen-bond acceptors (Lipinski definition) is 9. The standard InChI is InChI=1S/C20H29NO11/c1-2-3-16(32-20(28)15-9-11(22)5-7-13(15)18(25)26)31-19(27)14-8-10(21(29)30)4-6-12(14)17(23)24/h10-16,22H,2-9H2,1H3,(H,23,24)(H,25,26). The molecule has 0 spiro atoms. The summed E-state index contributed by atoms with van der Waals surface area (Å²) in [6.45, 7) is 1.72. The Bertz CT molecular complexity index is 739. The third kappa shape index (κ3) is 6.38. The maximum absolute atomic E-state index is 12.7. The van der Waals surface area contributed by atoms with Gasteiger partial charge >= 0.3 is 23.9 Å². The zero-order chi connectivity index (χ0) is 24.0. The minimum absolute atomic E-state index is 0.0295. The molecule has 0 bridgehead atoms. The quantitative estimate of drug-likeness (QED) is 0.194. The molecule has 7 unspecified atom stereocenters. The smallest absolute Gasteiger partial charge is 0.313 e. The Balaban J connectivity index is 2.11. The lowest BCUT2D eigenvalue weighted by Crippen LogP contribution is -2.43. The van der Waals surface area contributed by atoms with Gasteiger partial charge in [-0.2, -0.15) is 0 Å². The molecule has 0 saturated heterocycles. The topological polar surface area (TPSA) is 191 Å². The van der Waals surface area contributed by atoms with Gasteiger partial charge in [0.05, 0.1) is 29.8 Å². The second kappa shape index (κ2) is 11.2. The van der Waals surface area contributed by atoms with Gasteiger partial charge in [0.25, 0.3) is 0 Å². The van der Waals surface area contributed by atoms with E-state index in [9.17, 15) is 44.6 Å². The first-order chi connectivity index (χ1) is 15.0. The Labute approximate surface area is 184 Å². The number of carbonyl (C=O) groups is 4. The van der Waals surface area contributed by atoms with E-state index in [-0.39, 0.29) is 44.9 Å². The lowest BCUT2D eigenvalue weighted by atomic mass is 9.77. The van der Waals surface area contributed by atoms with E-state index in [1.54, 1.807) is 6.92 Å². The van der Waals surface area contributed by atoms with Crippen molar-refractivity contribution in [3.8, 4) is 0 Å². The van der Waals surface area contributed by atoms with Crippen LogP contribution in [-0.4, -0.2) is 62.6 Å². The fraction of sp³-hybridized carbons (Fsp3) is 0.800. The number of carboxylic acid groups (broad SMARTS) is 2. The number of carboxylic acids is 2. The summed E-state index contributed by atoms with van der Waals surface area (Å²) < 4.78 is 10.5. The molecule has 2 fully saturated rings. The molecule has 3 N–H and O–H groups in total. The number of aliphatic hydroxyl groups excluding tert-OH is 1. The second-order valence-corrected chi connectivity index (χ2v) is 8.41. The predicted octanol–water partition coefficient (Wildman–Crippen LogP) is 1.21. The highest BCUT2D eigenvalue weighted by molar-refractivity contribution is 5.83. The summed E-state index contributed by atoms with van der Waals surface area (Å²) in [7, 11) is 0. The molecule has 12 nitrogen and oxygen atoms in total. The van der Waals surface area contributed by atoms with E-state index in [2.05, 4.69) is 0 Å². The molecule has 2 aliphatic rings. The van der Waals surface area contributed by atoms with Crippen LogP contribution in [0.2, 0.25) is 0 Å². The van der Waals surface area contributed by atoms with Crippen molar-refractivity contribution in [2.45, 2.75) is 76.7 Å². The van der Waals surface area contributed by atoms with Crippen LogP contribution in [0, 0.1) is 33.8 Å². The summed E-state index contributed by atoms with van der Waals surface area (Å²) in [4.78, 5) is 58.9. The Morgan fingerprint density at radius 2 is 1.41 bits per heavy atom. The molecule has 2 aliphatic carbocycles. The van der Waals surface area contributed by atoms with Crippen LogP contribution in [0.4, 0.5) is 0 Å². The highest BCUT2D eigenvalue weighted by Crippen LogP contribution is 2.34. The molecular weight excluding hydrogens is 430 g/mol. The van der Waals surface area contributed by atoms with E-state index in [0.717, 1.165) is 0 Å². The van der Waals surface area contributed by atoms with E-state index in [0.29, 0.717) is 6.42 Å². The summed E-state index contributed by atoms with van der Waals surface area (Å²) in [5.74, 6) is -8.97. The monoisotopic (exact) mass is 459 g/mol. The number of esters is 2. The van der Waals surface area contributed by atoms with Gasteiger partial charge in [-0.15, -0.1) is 0 Å². The van der Waals surface area contributed by atoms with Crippen LogP contribution >= 0.6 is 0 Å². The maximum Gasteiger partial charge on any atom is 0.313 e. The lowest BCUT2D eigenvalue weighted by Gasteiger charge is -2.32. The molecule has 32 heavy (non-hydrogen) atoms. The molecule has 0 amide bonds. The summed E-state index contributed by atoms with van der Waals surface area (Å²) >= 11 is 0. The number of carbonyl (C=O) groups excluding carboxylic acids is 2. The van der Waals surface area contributed by atoms with Gasteiger partial charge in [0, 0.05) is 24.2 Å². The van der Waals surface area contributed by atoms with E-state index in [1.807, 2.05) is 0 Å². The number of aliphatic hydroxyl groups is 1. The van der Waals surface area contributed by atoms with Gasteiger partial charge in [-0.25, -0.2) is 0 Å². The molecule has 12 heteroatoms. The van der Waals surface area contributed by atoms with Crippen molar-refractivity contribution < 1.29 is 48.9 Å². The molecule has 7 atom stereocenters. The molecule has 180 valence electrons. The minimum Gasteiger partial charge on any atom is -0.481 e. The number of nitrogens with zero attached hydrogens (tertiary/aromatic N) is 1. The van der Waals surface area contributed by atoms with E-state index >= 15 is 0 Å². The van der Waals surface area contributed by atoms with Crippen LogP contribution in [0.3, 0.4) is 0 Å². The van der Waals surface area contributed by atoms with Gasteiger partial charge in [0.1, 0.15) is 0 Å². The van der Waals surface area contributed by atoms with Crippen molar-refractivity contribution in [1.82, 2.24) is 0 Å². The zero-order valence-corrected chi connectivity index (χ0v) is 17.8. The van der Waals surface area contributed by atoms with Crippen molar-refractivity contribution in [1.29, 1.82) is 0 Å². The van der Waals surface area contributed by atoms with E-state index < -0.39 is 70.9 Å². The predicted molar refractivity (Wildman–Crippen MR) is 105 cm³/mol. The molecule has 2 rings (SSSR count). The third-order valence-electron chi connectivity index (χ3n) is 6.20. The number of aliphatic carboxylic acids is 2. The van der Waals surface area contributed by atoms with Crippen LogP contribution in [-0.2, 0) is 28.7 Å².